The average Bonchev–Trinajstić information content (AvgIpc) is 3.29. The van der Waals surface area contributed by atoms with E-state index in [1.165, 1.54) is 0 Å². The number of fused-ring (bicyclic) bond motifs is 5. The van der Waals surface area contributed by atoms with Crippen molar-refractivity contribution >= 4 is 13.8 Å². The Morgan fingerprint density at radius 3 is 2.14 bits per heavy atom. The third-order valence-electron chi connectivity index (χ3n) is 11.6. The van der Waals surface area contributed by atoms with Crippen LogP contribution in [0.15, 0.2) is 0 Å². The molecule has 4 aliphatic carbocycles. The number of phosphoric ester groups is 1. The van der Waals surface area contributed by atoms with Crippen LogP contribution in [0.4, 0.5) is 0 Å². The fraction of sp³-hybridized carbons (Fsp3) is 0.966. The van der Waals surface area contributed by atoms with Gasteiger partial charge in [-0.25, -0.2) is 9.09 Å². The summed E-state index contributed by atoms with van der Waals surface area (Å²) in [5.41, 5.74) is 4.30. The van der Waals surface area contributed by atoms with E-state index in [4.69, 9.17) is 35.6 Å². The van der Waals surface area contributed by atoms with E-state index in [1.807, 2.05) is 0 Å². The van der Waals surface area contributed by atoms with E-state index >= 15 is 0 Å². The molecule has 0 saturated heterocycles. The van der Waals surface area contributed by atoms with Crippen LogP contribution in [-0.2, 0) is 18.6 Å². The summed E-state index contributed by atoms with van der Waals surface area (Å²) in [5.74, 6) is 2.02. The molecule has 4 aliphatic rings. The summed E-state index contributed by atoms with van der Waals surface area (Å²) < 4.78 is 19.7. The van der Waals surface area contributed by atoms with Crippen LogP contribution in [0.3, 0.4) is 0 Å². The second-order valence-electron chi connectivity index (χ2n) is 14.1. The zero-order valence-electron chi connectivity index (χ0n) is 25.3. The number of aliphatic hydroxyl groups excluding tert-OH is 5. The van der Waals surface area contributed by atoms with E-state index in [1.54, 1.807) is 0 Å². The molecule has 4 rings (SSSR count). The van der Waals surface area contributed by atoms with Gasteiger partial charge in [0, 0.05) is 6.42 Å². The van der Waals surface area contributed by atoms with Gasteiger partial charge in [-0.2, -0.15) is 0 Å². The molecule has 13 heteroatoms. The van der Waals surface area contributed by atoms with E-state index < -0.39 is 45.9 Å². The minimum Gasteiger partial charge on any atom is -0.438 e. The van der Waals surface area contributed by atoms with Crippen LogP contribution >= 0.6 is 7.82 Å². The Bertz CT molecular complexity index is 936. The second-order valence-corrected chi connectivity index (χ2v) is 15.3. The van der Waals surface area contributed by atoms with E-state index in [0.717, 1.165) is 51.4 Å². The third kappa shape index (κ3) is 7.94. The molecule has 0 amide bonds. The fourth-order valence-corrected chi connectivity index (χ4v) is 9.30. The molecule has 4 fully saturated rings. The van der Waals surface area contributed by atoms with Gasteiger partial charge >= 0.3 is 13.8 Å². The minimum absolute atomic E-state index is 0.145. The highest BCUT2D eigenvalue weighted by atomic mass is 31.2. The number of rotatable bonds is 10. The average molecular weight is 624 g/mol. The predicted octanol–water partition coefficient (Wildman–Crippen LogP) is 1.66. The fourth-order valence-electron chi connectivity index (χ4n) is 9.11. The molecular formula is C29H54NO11P. The van der Waals surface area contributed by atoms with Gasteiger partial charge in [0.2, 0.25) is 6.79 Å². The van der Waals surface area contributed by atoms with Crippen molar-refractivity contribution in [2.45, 2.75) is 103 Å². The first kappa shape index (κ1) is 35.8. The van der Waals surface area contributed by atoms with Gasteiger partial charge in [0.15, 0.2) is 0 Å². The molecular weight excluding hydrogens is 569 g/mol. The van der Waals surface area contributed by atoms with Crippen molar-refractivity contribution in [3.8, 4) is 0 Å². The first-order valence-corrected chi connectivity index (χ1v) is 16.9. The number of esters is 1. The molecule has 0 aromatic rings. The van der Waals surface area contributed by atoms with Gasteiger partial charge in [0.05, 0.1) is 37.6 Å². The summed E-state index contributed by atoms with van der Waals surface area (Å²) in [5, 5.41) is 46.6. The first-order chi connectivity index (χ1) is 19.5. The molecule has 0 radical (unpaired) electrons. The van der Waals surface area contributed by atoms with Crippen molar-refractivity contribution < 1.29 is 53.9 Å². The van der Waals surface area contributed by atoms with E-state index in [2.05, 4.69) is 25.3 Å². The van der Waals surface area contributed by atoms with E-state index in [-0.39, 0.29) is 29.5 Å². The van der Waals surface area contributed by atoms with Crippen LogP contribution in [0.25, 0.3) is 0 Å². The van der Waals surface area contributed by atoms with Crippen LogP contribution in [0.5, 0.6) is 0 Å². The highest BCUT2D eigenvalue weighted by Gasteiger charge is 2.62. The van der Waals surface area contributed by atoms with Gasteiger partial charge in [-0.15, -0.1) is 0 Å². The smallest absolute Gasteiger partial charge is 0.438 e. The molecule has 0 bridgehead atoms. The van der Waals surface area contributed by atoms with E-state index in [9.17, 15) is 19.6 Å². The lowest BCUT2D eigenvalue weighted by Gasteiger charge is -2.62. The second kappa shape index (κ2) is 14.2. The molecule has 0 aromatic carbocycles. The number of carbonyl (C=O) groups excluding carboxylic acids is 1. The van der Waals surface area contributed by atoms with Crippen molar-refractivity contribution in [1.82, 2.24) is 0 Å². The molecule has 0 heterocycles. The molecule has 246 valence electrons. The predicted molar refractivity (Wildman–Crippen MR) is 153 cm³/mol. The van der Waals surface area contributed by atoms with Crippen LogP contribution in [0, 0.1) is 46.3 Å². The van der Waals surface area contributed by atoms with Crippen molar-refractivity contribution in [2.24, 2.45) is 52.1 Å². The Labute approximate surface area is 249 Å². The lowest BCUT2D eigenvalue weighted by atomic mass is 9.43. The van der Waals surface area contributed by atoms with Crippen molar-refractivity contribution in [3.05, 3.63) is 0 Å². The maximum Gasteiger partial charge on any atom is 0.472 e. The Morgan fingerprint density at radius 1 is 0.976 bits per heavy atom. The molecule has 0 aromatic heterocycles. The lowest BCUT2D eigenvalue weighted by molar-refractivity contribution is -0.174. The SMILES string of the molecule is C[C@H](CCC(=O)OCOP(=O)(O)O)[C@H]1CC[C@H]2[C@@H]3[C@@H](O)C[C@@H]4C[C@H](O)CC[C@]4(C)[C@H]3CC[C@]12C.NC(CO)(CO)CO. The number of nitrogens with two attached hydrogens (primary N) is 1. The van der Waals surface area contributed by atoms with Gasteiger partial charge in [0.1, 0.15) is 0 Å². The van der Waals surface area contributed by atoms with Crippen LogP contribution < -0.4 is 5.73 Å². The monoisotopic (exact) mass is 623 g/mol. The standard InChI is InChI=1S/C25H43O8P.C4H11NO3/c1-15(4-7-22(28)32-14-33-34(29,30)31)18-5-6-19-23-20(9-11-25(18,19)3)24(2)10-8-17(26)12-16(24)13-21(23)27;5-4(1-6,2-7)3-8/h15-21,23,26-27H,4-14H2,1-3H3,(H2,29,30,31);6-8H,1-3,5H2/t15-,16+,17-,18-,19+,20+,21+,23+,24+,25-;/m1./s1. The number of hydrogen-bond acceptors (Lipinski definition) is 10. The van der Waals surface area contributed by atoms with Crippen molar-refractivity contribution in [2.75, 3.05) is 26.6 Å². The first-order valence-electron chi connectivity index (χ1n) is 15.4. The third-order valence-corrected chi connectivity index (χ3v) is 12.0. The molecule has 9 N–H and O–H groups in total. The number of hydrogen-bond donors (Lipinski definition) is 8. The quantitative estimate of drug-likeness (QED) is 0.0989. The summed E-state index contributed by atoms with van der Waals surface area (Å²) in [6, 6.07) is 0. The van der Waals surface area contributed by atoms with E-state index in [0.29, 0.717) is 41.9 Å². The number of ether oxygens (including phenoxy) is 1. The number of phosphoric acid groups is 1. The summed E-state index contributed by atoms with van der Waals surface area (Å²) >= 11 is 0. The van der Waals surface area contributed by atoms with Crippen molar-refractivity contribution in [3.63, 3.8) is 0 Å². The van der Waals surface area contributed by atoms with Gasteiger partial charge < -0.3 is 45.8 Å². The normalized spacial score (nSPS) is 38.8. The molecule has 0 aliphatic heterocycles. The zero-order chi connectivity index (χ0) is 31.5. The van der Waals surface area contributed by atoms with Crippen LogP contribution in [0.1, 0.15) is 85.0 Å². The Balaban J connectivity index is 0.000000531. The molecule has 0 unspecified atom stereocenters. The van der Waals surface area contributed by atoms with Gasteiger partial charge in [-0.3, -0.25) is 4.79 Å². The molecule has 12 nitrogen and oxygen atoms in total. The number of aliphatic hydroxyl groups is 5. The Morgan fingerprint density at radius 2 is 1.57 bits per heavy atom. The van der Waals surface area contributed by atoms with Gasteiger partial charge in [-0.1, -0.05) is 20.8 Å². The lowest BCUT2D eigenvalue weighted by Crippen LogP contribution is -2.58. The Hall–Kier alpha value is -0.660. The van der Waals surface area contributed by atoms with Crippen molar-refractivity contribution in [1.29, 1.82) is 0 Å². The van der Waals surface area contributed by atoms with Gasteiger partial charge in [-0.05, 0) is 104 Å². The maximum atomic E-state index is 12.0. The summed E-state index contributed by atoms with van der Waals surface area (Å²) in [7, 11) is -4.65. The molecule has 0 spiro atoms. The Kier molecular flexibility index (Phi) is 12.1. The largest absolute Gasteiger partial charge is 0.472 e. The summed E-state index contributed by atoms with van der Waals surface area (Å²) in [6.45, 7) is 5.08. The summed E-state index contributed by atoms with van der Waals surface area (Å²) in [6.07, 6.45) is 8.41. The molecule has 42 heavy (non-hydrogen) atoms. The highest BCUT2D eigenvalue weighted by molar-refractivity contribution is 7.46. The van der Waals surface area contributed by atoms with Gasteiger partial charge in [0.25, 0.3) is 0 Å². The minimum atomic E-state index is -4.65. The zero-order valence-corrected chi connectivity index (χ0v) is 26.2. The van der Waals surface area contributed by atoms with Crippen LogP contribution in [-0.4, -0.2) is 85.6 Å². The highest BCUT2D eigenvalue weighted by Crippen LogP contribution is 2.68. The topological polar surface area (TPSA) is 220 Å². The molecule has 10 atom stereocenters. The van der Waals surface area contributed by atoms with Crippen LogP contribution in [0.2, 0.25) is 0 Å². The summed E-state index contributed by atoms with van der Waals surface area (Å²) in [4.78, 5) is 29.4. The maximum absolute atomic E-state index is 12.0. The number of carbonyl (C=O) groups is 1. The molecule has 4 saturated carbocycles.